The van der Waals surface area contributed by atoms with E-state index in [2.05, 4.69) is 25.6 Å². The molecule has 0 radical (unpaired) electrons. The van der Waals surface area contributed by atoms with Crippen LogP contribution in [0.25, 0.3) is 0 Å². The number of carbonyl (C=O) groups excluding carboxylic acids is 1. The Labute approximate surface area is 145 Å². The predicted molar refractivity (Wildman–Crippen MR) is 82.3 cm³/mol. The summed E-state index contributed by atoms with van der Waals surface area (Å²) in [6, 6.07) is 5.60. The fraction of sp³-hybridized carbons (Fsp3) is 0.357. The number of hydrogen-bond donors (Lipinski definition) is 3. The number of nitrogens with two attached hydrogens (primary N) is 1. The number of nitrogens with one attached hydrogen (secondary N) is 2. The lowest BCUT2D eigenvalue weighted by Crippen LogP contribution is -3.00. The highest BCUT2D eigenvalue weighted by atomic mass is 35.5. The summed E-state index contributed by atoms with van der Waals surface area (Å²) in [6.07, 6.45) is 0. The van der Waals surface area contributed by atoms with E-state index in [9.17, 15) is 4.79 Å². The molecule has 1 aromatic heterocycles. The Morgan fingerprint density at radius 1 is 1.25 bits per heavy atom. The molecule has 0 aliphatic carbocycles. The lowest BCUT2D eigenvalue weighted by Gasteiger charge is -2.11. The van der Waals surface area contributed by atoms with Crippen LogP contribution < -0.4 is 38.2 Å². The van der Waals surface area contributed by atoms with E-state index >= 15 is 0 Å². The maximum atomic E-state index is 11.7. The molecule has 0 aliphatic rings. The number of hydrogen-bond acceptors (Lipinski definition) is 8. The van der Waals surface area contributed by atoms with Gasteiger partial charge in [-0.05, 0) is 16.4 Å². The number of ether oxygens (including phenoxy) is 2. The first-order valence-corrected chi connectivity index (χ1v) is 6.93. The van der Waals surface area contributed by atoms with Crippen LogP contribution in [0.5, 0.6) is 11.5 Å². The van der Waals surface area contributed by atoms with Gasteiger partial charge >= 0.3 is 0 Å². The predicted octanol–water partition coefficient (Wildman–Crippen LogP) is -2.81. The van der Waals surface area contributed by atoms with E-state index in [-0.39, 0.29) is 23.9 Å². The Bertz CT molecular complexity index is 664. The molecule has 0 saturated heterocycles. The number of carbonyl (C=O) groups is 1. The van der Waals surface area contributed by atoms with E-state index in [4.69, 9.17) is 15.2 Å². The van der Waals surface area contributed by atoms with Crippen LogP contribution in [0.15, 0.2) is 22.8 Å². The summed E-state index contributed by atoms with van der Waals surface area (Å²) in [6.45, 7) is 1.56. The van der Waals surface area contributed by atoms with Gasteiger partial charge in [0.05, 0.1) is 14.2 Å². The third-order valence-electron chi connectivity index (χ3n) is 3.13. The highest BCUT2D eigenvalue weighted by molar-refractivity contribution is 5.95. The summed E-state index contributed by atoms with van der Waals surface area (Å²) < 4.78 is 14.8. The van der Waals surface area contributed by atoms with Gasteiger partial charge in [0.1, 0.15) is 11.5 Å². The lowest BCUT2D eigenvalue weighted by molar-refractivity contribution is -0.0000143. The maximum Gasteiger partial charge on any atom is 0.277 e. The van der Waals surface area contributed by atoms with Gasteiger partial charge in [0, 0.05) is 31.3 Å². The van der Waals surface area contributed by atoms with Gasteiger partial charge in [-0.15, -0.1) is 0 Å². The number of aromatic nitrogens is 2. The maximum absolute atomic E-state index is 11.7. The van der Waals surface area contributed by atoms with Gasteiger partial charge in [-0.25, -0.2) is 4.63 Å². The van der Waals surface area contributed by atoms with Crippen molar-refractivity contribution >= 4 is 11.7 Å². The number of nitrogen functional groups attached to an aromatic ring is 1. The van der Waals surface area contributed by atoms with Crippen molar-refractivity contribution in [2.75, 3.05) is 33.0 Å². The fourth-order valence-corrected chi connectivity index (χ4v) is 1.92. The van der Waals surface area contributed by atoms with Crippen LogP contribution >= 0.6 is 0 Å². The SMILES string of the molecule is COc1ccc(CNCCNC(=O)c2nonc2N)c(OC)c1.[Cl-]. The van der Waals surface area contributed by atoms with Crippen LogP contribution in [0.4, 0.5) is 5.82 Å². The van der Waals surface area contributed by atoms with E-state index in [0.717, 1.165) is 17.1 Å². The Kier molecular flexibility index (Phi) is 7.80. The fourth-order valence-electron chi connectivity index (χ4n) is 1.92. The van der Waals surface area contributed by atoms with Crippen LogP contribution in [0, 0.1) is 0 Å². The molecule has 4 N–H and O–H groups in total. The monoisotopic (exact) mass is 356 g/mol. The summed E-state index contributed by atoms with van der Waals surface area (Å²) in [7, 11) is 3.21. The minimum absolute atomic E-state index is 0. The standard InChI is InChI=1S/C14H19N5O4.ClH/c1-21-10-4-3-9(11(7-10)22-2)8-16-5-6-17-14(20)12-13(15)19-23-18-12;/h3-4,7,16H,5-6,8H2,1-2H3,(H2,15,19)(H,17,20);1H/p-1. The molecule has 1 amide bonds. The first kappa shape index (κ1) is 19.5. The molecule has 0 spiro atoms. The van der Waals surface area contributed by atoms with E-state index in [1.54, 1.807) is 14.2 Å². The van der Waals surface area contributed by atoms with Gasteiger partial charge in [-0.1, -0.05) is 6.07 Å². The minimum Gasteiger partial charge on any atom is -1.00 e. The van der Waals surface area contributed by atoms with E-state index in [0.29, 0.717) is 19.6 Å². The van der Waals surface area contributed by atoms with Crippen molar-refractivity contribution in [1.82, 2.24) is 20.9 Å². The molecule has 2 aromatic rings. The summed E-state index contributed by atoms with van der Waals surface area (Å²) in [5, 5.41) is 12.6. The van der Waals surface area contributed by atoms with Crippen molar-refractivity contribution in [3.05, 3.63) is 29.5 Å². The third-order valence-corrected chi connectivity index (χ3v) is 3.13. The molecule has 2 rings (SSSR count). The van der Waals surface area contributed by atoms with Crippen molar-refractivity contribution in [3.8, 4) is 11.5 Å². The Morgan fingerprint density at radius 2 is 2.04 bits per heavy atom. The molecule has 1 heterocycles. The smallest absolute Gasteiger partial charge is 0.277 e. The lowest BCUT2D eigenvalue weighted by atomic mass is 10.2. The zero-order valence-corrected chi connectivity index (χ0v) is 14.1. The zero-order chi connectivity index (χ0) is 16.7. The highest BCUT2D eigenvalue weighted by Gasteiger charge is 2.14. The molecule has 0 bridgehead atoms. The summed E-state index contributed by atoms with van der Waals surface area (Å²) in [4.78, 5) is 11.7. The number of halogens is 1. The molecule has 0 unspecified atom stereocenters. The van der Waals surface area contributed by atoms with Crippen LogP contribution in [-0.4, -0.2) is 43.5 Å². The van der Waals surface area contributed by atoms with Crippen molar-refractivity contribution in [2.45, 2.75) is 6.54 Å². The number of methoxy groups -OCH3 is 2. The largest absolute Gasteiger partial charge is 1.00 e. The van der Waals surface area contributed by atoms with E-state index in [1.807, 2.05) is 18.2 Å². The van der Waals surface area contributed by atoms with Gasteiger partial charge in [0.15, 0.2) is 0 Å². The minimum atomic E-state index is -0.424. The van der Waals surface area contributed by atoms with Gasteiger partial charge in [0.25, 0.3) is 5.91 Å². The molecule has 0 aliphatic heterocycles. The molecular weight excluding hydrogens is 338 g/mol. The number of nitrogens with zero attached hydrogens (tertiary/aromatic N) is 2. The van der Waals surface area contributed by atoms with Gasteiger partial charge in [-0.2, -0.15) is 0 Å². The first-order chi connectivity index (χ1) is 11.2. The molecule has 0 fully saturated rings. The van der Waals surface area contributed by atoms with Gasteiger partial charge in [-0.3, -0.25) is 4.79 Å². The topological polar surface area (TPSA) is 125 Å². The van der Waals surface area contributed by atoms with Crippen LogP contribution in [0.3, 0.4) is 0 Å². The van der Waals surface area contributed by atoms with Crippen molar-refractivity contribution in [3.63, 3.8) is 0 Å². The number of benzene rings is 1. The van der Waals surface area contributed by atoms with Crippen molar-refractivity contribution in [1.29, 1.82) is 0 Å². The molecule has 0 saturated carbocycles. The summed E-state index contributed by atoms with van der Waals surface area (Å²) >= 11 is 0. The summed E-state index contributed by atoms with van der Waals surface area (Å²) in [5.74, 6) is 1.02. The average Bonchev–Trinajstić information content (AvgIpc) is 3.00. The van der Waals surface area contributed by atoms with Gasteiger partial charge in [0.2, 0.25) is 11.5 Å². The zero-order valence-electron chi connectivity index (χ0n) is 13.3. The van der Waals surface area contributed by atoms with Crippen LogP contribution in [0.2, 0.25) is 0 Å². The molecule has 132 valence electrons. The van der Waals surface area contributed by atoms with Crippen molar-refractivity contribution < 1.29 is 31.3 Å². The highest BCUT2D eigenvalue weighted by Crippen LogP contribution is 2.24. The second-order valence-electron chi connectivity index (χ2n) is 4.61. The Morgan fingerprint density at radius 3 is 2.67 bits per heavy atom. The third kappa shape index (κ3) is 5.00. The Balaban J connectivity index is 0.00000288. The Hall–Kier alpha value is -2.52. The second-order valence-corrected chi connectivity index (χ2v) is 4.61. The average molecular weight is 357 g/mol. The van der Waals surface area contributed by atoms with Crippen molar-refractivity contribution in [2.24, 2.45) is 0 Å². The van der Waals surface area contributed by atoms with E-state index in [1.165, 1.54) is 0 Å². The van der Waals surface area contributed by atoms with Gasteiger partial charge < -0.3 is 38.2 Å². The molecule has 10 heteroatoms. The molecule has 24 heavy (non-hydrogen) atoms. The first-order valence-electron chi connectivity index (χ1n) is 6.93. The van der Waals surface area contributed by atoms with Crippen LogP contribution in [0.1, 0.15) is 16.1 Å². The molecule has 9 nitrogen and oxygen atoms in total. The molecular formula is C14H19ClN5O4-. The van der Waals surface area contributed by atoms with Crippen LogP contribution in [-0.2, 0) is 6.54 Å². The normalized spacial score (nSPS) is 9.92. The quantitative estimate of drug-likeness (QED) is 0.433. The summed E-state index contributed by atoms with van der Waals surface area (Å²) in [5.41, 5.74) is 6.41. The number of amides is 1. The van der Waals surface area contributed by atoms with E-state index < -0.39 is 5.91 Å². The number of rotatable bonds is 8. The number of anilines is 1. The molecule has 1 aromatic carbocycles. The second kappa shape index (κ2) is 9.58. The molecule has 0 atom stereocenters.